The van der Waals surface area contributed by atoms with Gasteiger partial charge < -0.3 is 4.74 Å². The highest BCUT2D eigenvalue weighted by Crippen LogP contribution is 2.41. The highest BCUT2D eigenvalue weighted by molar-refractivity contribution is 7.20. The molecule has 0 amide bonds. The summed E-state index contributed by atoms with van der Waals surface area (Å²) in [5.41, 5.74) is -27.8. The third-order valence-corrected chi connectivity index (χ3v) is 11.6. The lowest BCUT2D eigenvalue weighted by molar-refractivity contribution is -0.692. The normalized spacial score (nSPS) is 13.2. The molecule has 0 radical (unpaired) electrons. The Bertz CT molecular complexity index is 2820. The number of halogens is 24. The Morgan fingerprint density at radius 3 is 0.974 bits per heavy atom. The van der Waals surface area contributed by atoms with Crippen LogP contribution in [0.1, 0.15) is 55.6 Å². The lowest BCUT2D eigenvalue weighted by Gasteiger charge is -2.46. The predicted molar refractivity (Wildman–Crippen MR) is 231 cm³/mol. The highest BCUT2D eigenvalue weighted by atomic mass is 19.4. The lowest BCUT2D eigenvalue weighted by atomic mass is 9.12. The number of alkyl halides is 24. The summed E-state index contributed by atoms with van der Waals surface area (Å²) in [6.07, 6.45) is -49.4. The molecule has 0 saturated heterocycles. The van der Waals surface area contributed by atoms with E-state index in [2.05, 4.69) is 17.1 Å². The zero-order valence-electron chi connectivity index (χ0n) is 38.5. The van der Waals surface area contributed by atoms with Gasteiger partial charge in [0.15, 0.2) is 12.7 Å². The largest absolute Gasteiger partial charge is 0.416 e. The van der Waals surface area contributed by atoms with Gasteiger partial charge in [-0.3, -0.25) is 0 Å². The molecule has 0 bridgehead atoms. The molecule has 0 saturated carbocycles. The summed E-state index contributed by atoms with van der Waals surface area (Å²) in [4.78, 5) is 4.16. The molecule has 78 heavy (non-hydrogen) atoms. The molecule has 0 unspecified atom stereocenters. The number of aromatic nitrogens is 2. The molecule has 0 spiro atoms. The number of benzene rings is 6. The third-order valence-electron chi connectivity index (χ3n) is 11.6. The Morgan fingerprint density at radius 2 is 0.692 bits per heavy atom. The van der Waals surface area contributed by atoms with E-state index in [0.717, 1.165) is 18.2 Å². The van der Waals surface area contributed by atoms with Crippen molar-refractivity contribution >= 4 is 28.0 Å². The van der Waals surface area contributed by atoms with Gasteiger partial charge in [-0.1, -0.05) is 91.0 Å². The molecule has 7 rings (SSSR count). The van der Waals surface area contributed by atoms with E-state index in [1.807, 2.05) is 60.2 Å². The SMILES string of the molecule is Cc1cccc(Oc2cncc[n+]2Cc2ccccc2)c1.FC(F)(F)c1cc([B-](c2cc(C(F)(F)F)cc(C(F)(F)F)c2)(c2cc(C(F)(F)F)cc(C(F)(F)F)c2)c2cc(C(F)(F)F)cc(C(F)(F)F)c2)cc(C(F)(F)F)c1. The third kappa shape index (κ3) is 14.0. The average Bonchev–Trinajstić information content (AvgIpc) is 3.45. The Hall–Kier alpha value is -7.42. The standard InChI is InChI=1S/C32H12BF24.C18H17N2O/c34-25(35,36)13-1-14(26(37,38)39)6-21(5-13)33(22-7-15(27(40,41)42)2-16(8-22)28(43,44)45,23-9-17(29(46,47)48)3-18(10-23)30(49,50)51)24-11-19(31(52,53)54)4-20(12-24)32(55,56)57;1-15-6-5-9-17(12-15)21-18-13-19-10-11-20(18)14-16-7-3-2-4-8-16/h1-12H;2-13H,14H2,1H3/q-1;+1. The highest BCUT2D eigenvalue weighted by Gasteiger charge is 2.47. The number of ether oxygens (including phenoxy) is 1. The van der Waals surface area contributed by atoms with Crippen LogP contribution in [0.15, 0.2) is 146 Å². The topological polar surface area (TPSA) is 26.0 Å². The van der Waals surface area contributed by atoms with Crippen molar-refractivity contribution in [2.75, 3.05) is 0 Å². The maximum Gasteiger partial charge on any atom is 0.416 e. The molecule has 1 heterocycles. The zero-order chi connectivity index (χ0) is 58.4. The molecular weight excluding hydrogens is 1110 g/mol. The van der Waals surface area contributed by atoms with E-state index in [4.69, 9.17) is 4.74 Å². The Kier molecular flexibility index (Phi) is 16.2. The fourth-order valence-electron chi connectivity index (χ4n) is 8.24. The maximum absolute atomic E-state index is 14.2. The van der Waals surface area contributed by atoms with Gasteiger partial charge >= 0.3 is 55.3 Å². The summed E-state index contributed by atoms with van der Waals surface area (Å²) in [5, 5.41) is 0. The molecule has 6 aromatic carbocycles. The van der Waals surface area contributed by atoms with Gasteiger partial charge in [-0.25, -0.2) is 4.98 Å². The summed E-state index contributed by atoms with van der Waals surface area (Å²) in [6.45, 7) is 2.80. The lowest BCUT2D eigenvalue weighted by Crippen LogP contribution is -2.75. The van der Waals surface area contributed by atoms with E-state index in [-0.39, 0.29) is 0 Å². The number of hydrogen-bond acceptors (Lipinski definition) is 2. The first-order valence-electron chi connectivity index (χ1n) is 21.5. The minimum atomic E-state index is -6.13. The van der Waals surface area contributed by atoms with Crippen molar-refractivity contribution in [3.8, 4) is 11.6 Å². The van der Waals surface area contributed by atoms with Crippen molar-refractivity contribution in [2.24, 2.45) is 0 Å². The van der Waals surface area contributed by atoms with E-state index in [1.54, 1.807) is 12.4 Å². The molecule has 0 aliphatic heterocycles. The van der Waals surface area contributed by atoms with Crippen molar-refractivity contribution in [1.29, 1.82) is 0 Å². The van der Waals surface area contributed by atoms with Gasteiger partial charge in [-0.2, -0.15) is 132 Å². The van der Waals surface area contributed by atoms with Crippen molar-refractivity contribution < 1.29 is 115 Å². The monoisotopic (exact) mass is 1140 g/mol. The van der Waals surface area contributed by atoms with E-state index in [0.29, 0.717) is 0 Å². The van der Waals surface area contributed by atoms with Gasteiger partial charge in [0, 0.05) is 5.56 Å². The van der Waals surface area contributed by atoms with Crippen molar-refractivity contribution in [2.45, 2.75) is 62.9 Å². The first-order chi connectivity index (χ1) is 35.6. The summed E-state index contributed by atoms with van der Waals surface area (Å²) < 4.78 is 349. The van der Waals surface area contributed by atoms with Gasteiger partial charge in [-0.15, -0.1) is 0 Å². The summed E-state index contributed by atoms with van der Waals surface area (Å²) in [5.74, 6) is 1.55. The maximum atomic E-state index is 14.2. The van der Waals surface area contributed by atoms with Crippen LogP contribution in [0.2, 0.25) is 0 Å². The molecule has 0 aliphatic carbocycles. The van der Waals surface area contributed by atoms with Crippen LogP contribution in [0.25, 0.3) is 0 Å². The average molecular weight is 1140 g/mol. The molecule has 0 atom stereocenters. The van der Waals surface area contributed by atoms with Crippen LogP contribution in [0, 0.1) is 6.92 Å². The minimum Gasteiger partial charge on any atom is -0.404 e. The molecule has 0 N–H and O–H groups in total. The van der Waals surface area contributed by atoms with Crippen molar-refractivity contribution in [1.82, 2.24) is 4.98 Å². The fraction of sp³-hybridized carbons (Fsp3) is 0.200. The molecular formula is C50H29BF24N2O. The second-order valence-electron chi connectivity index (χ2n) is 17.2. The first kappa shape index (κ1) is 59.8. The second kappa shape index (κ2) is 21.1. The van der Waals surface area contributed by atoms with Crippen LogP contribution in [-0.2, 0) is 56.0 Å². The smallest absolute Gasteiger partial charge is 0.404 e. The van der Waals surface area contributed by atoms with E-state index in [9.17, 15) is 105 Å². The predicted octanol–water partition coefficient (Wildman–Crippen LogP) is 14.7. The first-order valence-corrected chi connectivity index (χ1v) is 21.5. The number of aryl methyl sites for hydroxylation is 1. The quantitative estimate of drug-likeness (QED) is 0.0861. The molecule has 28 heteroatoms. The van der Waals surface area contributed by atoms with E-state index < -0.39 is 195 Å². The molecule has 0 aliphatic rings. The molecule has 7 aromatic rings. The fourth-order valence-corrected chi connectivity index (χ4v) is 8.24. The van der Waals surface area contributed by atoms with Gasteiger partial charge in [-0.05, 0) is 48.9 Å². The minimum absolute atomic E-state index is 0.691. The Morgan fingerprint density at radius 1 is 0.385 bits per heavy atom. The van der Waals surface area contributed by atoms with Crippen LogP contribution in [0.4, 0.5) is 105 Å². The van der Waals surface area contributed by atoms with E-state index in [1.165, 1.54) is 11.1 Å². The van der Waals surface area contributed by atoms with Crippen LogP contribution in [0.3, 0.4) is 0 Å². The molecule has 3 nitrogen and oxygen atoms in total. The Balaban J connectivity index is 0.000000387. The van der Waals surface area contributed by atoms with Crippen LogP contribution in [0.5, 0.6) is 11.6 Å². The molecule has 0 fully saturated rings. The van der Waals surface area contributed by atoms with Crippen molar-refractivity contribution in [3.63, 3.8) is 0 Å². The summed E-state index contributed by atoms with van der Waals surface area (Å²) in [7, 11) is 0. The van der Waals surface area contributed by atoms with Gasteiger partial charge in [0.05, 0.1) is 50.7 Å². The summed E-state index contributed by atoms with van der Waals surface area (Å²) >= 11 is 0. The van der Waals surface area contributed by atoms with Crippen LogP contribution >= 0.6 is 0 Å². The zero-order valence-corrected chi connectivity index (χ0v) is 38.5. The van der Waals surface area contributed by atoms with Crippen molar-refractivity contribution in [3.05, 3.63) is 202 Å². The second-order valence-corrected chi connectivity index (χ2v) is 17.2. The van der Waals surface area contributed by atoms with Gasteiger partial charge in [0.25, 0.3) is 0 Å². The number of nitrogens with zero attached hydrogens (tertiary/aromatic N) is 2. The van der Waals surface area contributed by atoms with E-state index >= 15 is 0 Å². The molecule has 1 aromatic heterocycles. The number of hydrogen-bond donors (Lipinski definition) is 0. The Labute approximate surface area is 423 Å². The molecule has 416 valence electrons. The van der Waals surface area contributed by atoms with Gasteiger partial charge in [0.1, 0.15) is 18.1 Å². The van der Waals surface area contributed by atoms with Crippen LogP contribution < -0.4 is 31.2 Å². The summed E-state index contributed by atoms with van der Waals surface area (Å²) in [6, 6.07) is 9.49. The van der Waals surface area contributed by atoms with Crippen LogP contribution in [-0.4, -0.2) is 11.1 Å². The number of rotatable bonds is 8. The van der Waals surface area contributed by atoms with Gasteiger partial charge in [0.2, 0.25) is 0 Å².